The third-order valence-corrected chi connectivity index (χ3v) is 2.89. The number of aliphatic hydroxyl groups is 1. The van der Waals surface area contributed by atoms with Crippen LogP contribution in [0.2, 0.25) is 0 Å². The van der Waals surface area contributed by atoms with Crippen LogP contribution in [-0.4, -0.2) is 18.2 Å². The molecule has 0 saturated carbocycles. The van der Waals surface area contributed by atoms with Crippen LogP contribution in [0.15, 0.2) is 42.5 Å². The first-order chi connectivity index (χ1) is 8.05. The number of hydrogen-bond acceptors (Lipinski definition) is 3. The highest BCUT2D eigenvalue weighted by Crippen LogP contribution is 2.25. The second-order valence-corrected chi connectivity index (χ2v) is 4.13. The molecule has 0 amide bonds. The number of hydrogen-bond donors (Lipinski definition) is 1. The quantitative estimate of drug-likeness (QED) is 0.805. The first-order valence-electron chi connectivity index (χ1n) is 5.36. The summed E-state index contributed by atoms with van der Waals surface area (Å²) in [5.41, 5.74) is -1.08. The van der Waals surface area contributed by atoms with Crippen LogP contribution in [0.5, 0.6) is 0 Å². The molecular weight excluding hydrogens is 216 g/mol. The number of benzene rings is 2. The molecule has 0 unspecified atom stereocenters. The summed E-state index contributed by atoms with van der Waals surface area (Å²) >= 11 is 0. The molecule has 0 aliphatic rings. The molecule has 17 heavy (non-hydrogen) atoms. The Morgan fingerprint density at radius 1 is 1.18 bits per heavy atom. The fourth-order valence-corrected chi connectivity index (χ4v) is 1.81. The van der Waals surface area contributed by atoms with Gasteiger partial charge in [-0.1, -0.05) is 36.4 Å². The summed E-state index contributed by atoms with van der Waals surface area (Å²) in [7, 11) is 1.26. The van der Waals surface area contributed by atoms with E-state index in [1.165, 1.54) is 14.0 Å². The highest BCUT2D eigenvalue weighted by molar-refractivity contribution is 5.86. The van der Waals surface area contributed by atoms with E-state index in [0.29, 0.717) is 5.56 Å². The van der Waals surface area contributed by atoms with Gasteiger partial charge >= 0.3 is 5.97 Å². The van der Waals surface area contributed by atoms with E-state index in [1.54, 1.807) is 12.1 Å². The minimum atomic E-state index is -1.61. The third kappa shape index (κ3) is 2.01. The summed E-state index contributed by atoms with van der Waals surface area (Å²) in [6.45, 7) is 1.43. The van der Waals surface area contributed by atoms with E-state index < -0.39 is 11.6 Å². The SMILES string of the molecule is COC(=O)[C@](C)(O)c1ccc2ccccc2c1. The first kappa shape index (κ1) is 11.6. The lowest BCUT2D eigenvalue weighted by Crippen LogP contribution is -2.33. The summed E-state index contributed by atoms with van der Waals surface area (Å²) < 4.78 is 4.59. The molecule has 0 aliphatic heterocycles. The van der Waals surface area contributed by atoms with E-state index >= 15 is 0 Å². The predicted molar refractivity (Wildman–Crippen MR) is 65.5 cm³/mol. The number of carbonyl (C=O) groups excluding carboxylic acids is 1. The summed E-state index contributed by atoms with van der Waals surface area (Å²) in [5.74, 6) is -0.659. The molecule has 0 heterocycles. The second-order valence-electron chi connectivity index (χ2n) is 4.13. The van der Waals surface area contributed by atoms with Crippen molar-refractivity contribution in [3.63, 3.8) is 0 Å². The van der Waals surface area contributed by atoms with Crippen molar-refractivity contribution in [2.45, 2.75) is 12.5 Å². The summed E-state index contributed by atoms with van der Waals surface area (Å²) in [5, 5.41) is 12.2. The number of esters is 1. The molecule has 2 aromatic carbocycles. The lowest BCUT2D eigenvalue weighted by Gasteiger charge is -2.20. The summed E-state index contributed by atoms with van der Waals surface area (Å²) in [4.78, 5) is 11.5. The zero-order valence-electron chi connectivity index (χ0n) is 9.81. The maximum Gasteiger partial charge on any atom is 0.342 e. The minimum absolute atomic E-state index is 0.531. The van der Waals surface area contributed by atoms with E-state index in [1.807, 2.05) is 30.3 Å². The fraction of sp³-hybridized carbons (Fsp3) is 0.214. The maximum absolute atomic E-state index is 11.5. The maximum atomic E-state index is 11.5. The molecule has 0 radical (unpaired) electrons. The highest BCUT2D eigenvalue weighted by Gasteiger charge is 2.33. The summed E-state index contributed by atoms with van der Waals surface area (Å²) in [6, 6.07) is 13.2. The molecule has 3 nitrogen and oxygen atoms in total. The smallest absolute Gasteiger partial charge is 0.342 e. The minimum Gasteiger partial charge on any atom is -0.467 e. The van der Waals surface area contributed by atoms with Crippen LogP contribution in [0.1, 0.15) is 12.5 Å². The molecule has 0 aliphatic carbocycles. The Bertz CT molecular complexity index is 558. The van der Waals surface area contributed by atoms with Crippen LogP contribution in [-0.2, 0) is 15.1 Å². The van der Waals surface area contributed by atoms with Gasteiger partial charge in [0.15, 0.2) is 5.60 Å². The zero-order chi connectivity index (χ0) is 12.5. The van der Waals surface area contributed by atoms with Crippen LogP contribution < -0.4 is 0 Å². The van der Waals surface area contributed by atoms with E-state index in [0.717, 1.165) is 10.8 Å². The molecule has 3 heteroatoms. The number of ether oxygens (including phenoxy) is 1. The van der Waals surface area contributed by atoms with Gasteiger partial charge in [-0.3, -0.25) is 0 Å². The van der Waals surface area contributed by atoms with Gasteiger partial charge < -0.3 is 9.84 Å². The first-order valence-corrected chi connectivity index (χ1v) is 5.36. The fourth-order valence-electron chi connectivity index (χ4n) is 1.81. The van der Waals surface area contributed by atoms with Gasteiger partial charge in [0.25, 0.3) is 0 Å². The van der Waals surface area contributed by atoms with Gasteiger partial charge in [-0.05, 0) is 29.3 Å². The average Bonchev–Trinajstić information content (AvgIpc) is 2.37. The topological polar surface area (TPSA) is 46.5 Å². The molecule has 0 aromatic heterocycles. The Morgan fingerprint density at radius 3 is 2.47 bits per heavy atom. The van der Waals surface area contributed by atoms with Crippen molar-refractivity contribution in [1.29, 1.82) is 0 Å². The lowest BCUT2D eigenvalue weighted by molar-refractivity contribution is -0.161. The Labute approximate surface area is 99.6 Å². The van der Waals surface area contributed by atoms with Gasteiger partial charge in [-0.25, -0.2) is 4.79 Å². The van der Waals surface area contributed by atoms with Gasteiger partial charge in [0.05, 0.1) is 7.11 Å². The predicted octanol–water partition coefficient (Wildman–Crippen LogP) is 2.22. The highest BCUT2D eigenvalue weighted by atomic mass is 16.5. The van der Waals surface area contributed by atoms with Crippen molar-refractivity contribution in [1.82, 2.24) is 0 Å². The molecule has 88 valence electrons. The van der Waals surface area contributed by atoms with Crippen LogP contribution >= 0.6 is 0 Å². The molecule has 0 fully saturated rings. The van der Waals surface area contributed by atoms with Gasteiger partial charge in [0.2, 0.25) is 0 Å². The average molecular weight is 230 g/mol. The standard InChI is InChI=1S/C14H14O3/c1-14(16,13(15)17-2)12-8-7-10-5-3-4-6-11(10)9-12/h3-9,16H,1-2H3/t14-/m1/s1. The molecule has 0 bridgehead atoms. The normalized spacial score (nSPS) is 14.3. The number of fused-ring (bicyclic) bond motifs is 1. The van der Waals surface area contributed by atoms with Crippen LogP contribution in [0.25, 0.3) is 10.8 Å². The van der Waals surface area contributed by atoms with Crippen LogP contribution in [0.4, 0.5) is 0 Å². The van der Waals surface area contributed by atoms with E-state index in [4.69, 9.17) is 0 Å². The molecule has 0 saturated heterocycles. The lowest BCUT2D eigenvalue weighted by atomic mass is 9.94. The molecule has 0 spiro atoms. The molecule has 2 aromatic rings. The van der Waals surface area contributed by atoms with Crippen LogP contribution in [0.3, 0.4) is 0 Å². The molecular formula is C14H14O3. The van der Waals surface area contributed by atoms with Crippen LogP contribution in [0, 0.1) is 0 Å². The summed E-state index contributed by atoms with van der Waals surface area (Å²) in [6.07, 6.45) is 0. The van der Waals surface area contributed by atoms with E-state index in [-0.39, 0.29) is 0 Å². The van der Waals surface area contributed by atoms with Crippen molar-refractivity contribution >= 4 is 16.7 Å². The Morgan fingerprint density at radius 2 is 1.82 bits per heavy atom. The Hall–Kier alpha value is -1.87. The van der Waals surface area contributed by atoms with Gasteiger partial charge in [0, 0.05) is 0 Å². The van der Waals surface area contributed by atoms with Gasteiger partial charge in [0.1, 0.15) is 0 Å². The van der Waals surface area contributed by atoms with Crippen molar-refractivity contribution < 1.29 is 14.6 Å². The molecule has 1 N–H and O–H groups in total. The van der Waals surface area contributed by atoms with Crippen molar-refractivity contribution in [2.24, 2.45) is 0 Å². The van der Waals surface area contributed by atoms with Crippen molar-refractivity contribution in [2.75, 3.05) is 7.11 Å². The van der Waals surface area contributed by atoms with Crippen molar-refractivity contribution in [3.8, 4) is 0 Å². The monoisotopic (exact) mass is 230 g/mol. The largest absolute Gasteiger partial charge is 0.467 e. The molecule has 1 atom stereocenters. The van der Waals surface area contributed by atoms with Gasteiger partial charge in [-0.15, -0.1) is 0 Å². The second kappa shape index (κ2) is 4.18. The zero-order valence-corrected chi connectivity index (χ0v) is 9.81. The Balaban J connectivity index is 2.53. The Kier molecular flexibility index (Phi) is 2.86. The molecule has 2 rings (SSSR count). The van der Waals surface area contributed by atoms with Crippen molar-refractivity contribution in [3.05, 3.63) is 48.0 Å². The van der Waals surface area contributed by atoms with E-state index in [9.17, 15) is 9.90 Å². The number of methoxy groups -OCH3 is 1. The van der Waals surface area contributed by atoms with E-state index in [2.05, 4.69) is 4.74 Å². The third-order valence-electron chi connectivity index (χ3n) is 2.89. The van der Waals surface area contributed by atoms with Gasteiger partial charge in [-0.2, -0.15) is 0 Å². The number of rotatable bonds is 2. The number of carbonyl (C=O) groups is 1.